The summed E-state index contributed by atoms with van der Waals surface area (Å²) in [5.41, 5.74) is 27.3. The summed E-state index contributed by atoms with van der Waals surface area (Å²) in [6, 6.07) is 185. The van der Waals surface area contributed by atoms with Crippen LogP contribution in [0.25, 0.3) is 295 Å². The molecule has 654 valence electrons. The van der Waals surface area contributed by atoms with Crippen molar-refractivity contribution in [1.82, 2.24) is 0 Å². The molecule has 3 heterocycles. The summed E-state index contributed by atoms with van der Waals surface area (Å²) >= 11 is 0. The van der Waals surface area contributed by atoms with Crippen molar-refractivity contribution in [3.8, 4) is 100 Å². The van der Waals surface area contributed by atoms with Gasteiger partial charge in [-0.3, -0.25) is 0 Å². The molecule has 30 aromatic rings. The van der Waals surface area contributed by atoms with Crippen LogP contribution < -0.4 is 0 Å². The minimum absolute atomic E-state index is 0.902. The Balaban J connectivity index is 0.000000104. The van der Waals surface area contributed by atoms with Crippen LogP contribution in [0.2, 0.25) is 0 Å². The zero-order valence-corrected chi connectivity index (χ0v) is 76.7. The van der Waals surface area contributed by atoms with Gasteiger partial charge in [-0.25, -0.2) is 0 Å². The highest BCUT2D eigenvalue weighted by atomic mass is 16.3. The Hall–Kier alpha value is -18.5. The van der Waals surface area contributed by atoms with Crippen LogP contribution in [-0.2, 0) is 0 Å². The SMILES string of the molecule is c1ccc(-c2cccc3c2oc2ccc(-c4c5ccccc5c(-c5cc6ccccc6c6ccccc56)c5ccccc45)cc23)cc1.c1ccc2cc(-c3c4ccccc4c(-c4cc(-c5cccc6ccccc56)c5oc6ccccc6c5c4)c4ccccc34)ccc2c1.c1ccc2cc(-c3c4ccccc4c(-c4cc5c(cc4-c4cccc6ccccc46)oc4ccccc45)c4ccccc34)ccc2c1. The second-order valence-corrected chi connectivity index (χ2v) is 37.2. The van der Waals surface area contributed by atoms with Gasteiger partial charge in [0.05, 0.1) is 0 Å². The monoisotopic (exact) mass is 1790 g/mol. The molecule has 0 aliphatic heterocycles. The average molecular weight is 1790 g/mol. The summed E-state index contributed by atoms with van der Waals surface area (Å²) in [7, 11) is 0. The first kappa shape index (κ1) is 80.9. The maximum atomic E-state index is 6.66. The molecule has 3 aromatic heterocycles. The first-order valence-electron chi connectivity index (χ1n) is 48.6. The van der Waals surface area contributed by atoms with Gasteiger partial charge in [-0.15, -0.1) is 0 Å². The zero-order valence-electron chi connectivity index (χ0n) is 76.7. The topological polar surface area (TPSA) is 39.4 Å². The Kier molecular flexibility index (Phi) is 19.0. The third-order valence-corrected chi connectivity index (χ3v) is 29.5. The van der Waals surface area contributed by atoms with E-state index in [1.54, 1.807) is 0 Å². The van der Waals surface area contributed by atoms with Gasteiger partial charge >= 0.3 is 0 Å². The maximum Gasteiger partial charge on any atom is 0.143 e. The van der Waals surface area contributed by atoms with Gasteiger partial charge in [-0.2, -0.15) is 0 Å². The Morgan fingerprint density at radius 2 is 0.426 bits per heavy atom. The molecule has 0 aliphatic carbocycles. The van der Waals surface area contributed by atoms with Gasteiger partial charge in [-0.1, -0.05) is 443 Å². The highest BCUT2D eigenvalue weighted by Gasteiger charge is 2.28. The molecule has 0 saturated heterocycles. The minimum Gasteiger partial charge on any atom is -0.456 e. The molecule has 30 rings (SSSR count). The highest BCUT2D eigenvalue weighted by Crippen LogP contribution is 2.54. The van der Waals surface area contributed by atoms with E-state index < -0.39 is 0 Å². The van der Waals surface area contributed by atoms with Gasteiger partial charge in [0.1, 0.15) is 33.5 Å². The molecule has 0 atom stereocenters. The summed E-state index contributed by atoms with van der Waals surface area (Å²) in [5.74, 6) is 0. The molecule has 0 saturated carbocycles. The smallest absolute Gasteiger partial charge is 0.143 e. The Labute approximate surface area is 812 Å². The van der Waals surface area contributed by atoms with Crippen LogP contribution in [0.5, 0.6) is 0 Å². The molecule has 3 nitrogen and oxygen atoms in total. The van der Waals surface area contributed by atoms with Crippen molar-refractivity contribution in [1.29, 1.82) is 0 Å². The molecular weight excluding hydrogens is 1710 g/mol. The number of rotatable bonds is 9. The molecule has 0 radical (unpaired) electrons. The van der Waals surface area contributed by atoms with Crippen LogP contribution in [0, 0.1) is 0 Å². The summed E-state index contributed by atoms with van der Waals surface area (Å²) in [6.07, 6.45) is 0. The highest BCUT2D eigenvalue weighted by molar-refractivity contribution is 6.30. The summed E-state index contributed by atoms with van der Waals surface area (Å²) < 4.78 is 19.7. The fourth-order valence-corrected chi connectivity index (χ4v) is 23.3. The summed E-state index contributed by atoms with van der Waals surface area (Å²) in [5, 5.41) is 36.7. The molecule has 141 heavy (non-hydrogen) atoms. The Morgan fingerprint density at radius 1 is 0.0993 bits per heavy atom. The van der Waals surface area contributed by atoms with Crippen LogP contribution in [0.4, 0.5) is 0 Å². The van der Waals surface area contributed by atoms with E-state index in [1.165, 1.54) is 213 Å². The fraction of sp³-hybridized carbons (Fsp3) is 0. The molecule has 0 unspecified atom stereocenters. The second-order valence-electron chi connectivity index (χ2n) is 37.2. The van der Waals surface area contributed by atoms with E-state index >= 15 is 0 Å². The molecule has 0 bridgehead atoms. The van der Waals surface area contributed by atoms with Crippen LogP contribution in [0.15, 0.2) is 523 Å². The van der Waals surface area contributed by atoms with Crippen molar-refractivity contribution in [2.24, 2.45) is 0 Å². The number of hydrogen-bond acceptors (Lipinski definition) is 3. The van der Waals surface area contributed by atoms with E-state index in [-0.39, 0.29) is 0 Å². The second kappa shape index (κ2) is 33.2. The van der Waals surface area contributed by atoms with Crippen LogP contribution >= 0.6 is 0 Å². The normalized spacial score (nSPS) is 11.8. The number of hydrogen-bond donors (Lipinski definition) is 0. The number of fused-ring (bicyclic) bond motifs is 22. The third kappa shape index (κ3) is 13.3. The van der Waals surface area contributed by atoms with Gasteiger partial charge in [-0.05, 0) is 285 Å². The quantitative estimate of drug-likeness (QED) is 0.107. The van der Waals surface area contributed by atoms with Crippen LogP contribution in [0.3, 0.4) is 0 Å². The van der Waals surface area contributed by atoms with Gasteiger partial charge in [0.25, 0.3) is 0 Å². The Morgan fingerprint density at radius 3 is 0.943 bits per heavy atom. The molecule has 0 amide bonds. The summed E-state index contributed by atoms with van der Waals surface area (Å²) in [6.45, 7) is 0. The van der Waals surface area contributed by atoms with E-state index in [1.807, 2.05) is 6.07 Å². The van der Waals surface area contributed by atoms with Gasteiger partial charge < -0.3 is 13.3 Å². The zero-order chi connectivity index (χ0) is 92.7. The lowest BCUT2D eigenvalue weighted by molar-refractivity contribution is 0.669. The molecule has 27 aromatic carbocycles. The van der Waals surface area contributed by atoms with Gasteiger partial charge in [0, 0.05) is 43.4 Å². The van der Waals surface area contributed by atoms with Crippen molar-refractivity contribution in [3.63, 3.8) is 0 Å². The minimum atomic E-state index is 0.902. The molecule has 0 fully saturated rings. The average Bonchev–Trinajstić information content (AvgIpc) is 1.58. The van der Waals surface area contributed by atoms with Crippen molar-refractivity contribution < 1.29 is 13.3 Å². The number of furan rings is 3. The lowest BCUT2D eigenvalue weighted by Crippen LogP contribution is -1.93. The van der Waals surface area contributed by atoms with E-state index in [4.69, 9.17) is 13.3 Å². The van der Waals surface area contributed by atoms with E-state index in [9.17, 15) is 0 Å². The first-order valence-corrected chi connectivity index (χ1v) is 48.6. The lowest BCUT2D eigenvalue weighted by Gasteiger charge is -2.20. The predicted molar refractivity (Wildman–Crippen MR) is 600 cm³/mol. The van der Waals surface area contributed by atoms with Gasteiger partial charge in [0.2, 0.25) is 0 Å². The van der Waals surface area contributed by atoms with Crippen molar-refractivity contribution in [2.75, 3.05) is 0 Å². The largest absolute Gasteiger partial charge is 0.456 e. The first-order chi connectivity index (χ1) is 70.0. The van der Waals surface area contributed by atoms with Crippen molar-refractivity contribution >= 4 is 195 Å². The molecule has 0 N–H and O–H groups in total. The number of para-hydroxylation sites is 3. The Bertz CT molecular complexity index is 10200. The maximum absolute atomic E-state index is 6.66. The van der Waals surface area contributed by atoms with E-state index in [2.05, 4.69) is 504 Å². The van der Waals surface area contributed by atoms with E-state index in [0.29, 0.717) is 0 Å². The predicted octanol–water partition coefficient (Wildman–Crippen LogP) is 39.6. The fourth-order valence-electron chi connectivity index (χ4n) is 23.3. The standard InChI is InChI=1S/3C46H28O/c1-2-14-31-26-32(25-24-29(31)12-1)44-37-18-5-7-20-39(37)45(40-21-8-6-19-38(40)44)33-27-41(35-22-11-15-30-13-3-4-16-34(30)35)46-42(28-33)36-17-9-10-23-43(36)47-46;1-2-14-31-26-32(25-24-29(31)12-1)45-36-18-5-7-20-38(36)46(39-21-8-6-19-37(39)45)42-27-41-35-17-9-10-23-43(35)47-44(41)28-40(42)34-22-11-15-30-13-3-4-16-33(30)34;1-2-13-29(14-3-1)33-23-12-24-40-41-28-31(25-26-43(41)47-46(33)40)44-36-19-8-10-21-38(36)45(39-22-11-9-20-37(39)44)42-27-30-15-4-5-16-32(30)34-17-6-7-18-35(34)42/h3*1-28H. The van der Waals surface area contributed by atoms with E-state index in [0.717, 1.165) is 82.5 Å². The molecule has 0 aliphatic rings. The lowest BCUT2D eigenvalue weighted by atomic mass is 9.82. The number of benzene rings is 27. The molecule has 3 heteroatoms. The molecule has 0 spiro atoms. The summed E-state index contributed by atoms with van der Waals surface area (Å²) in [4.78, 5) is 0. The van der Waals surface area contributed by atoms with Gasteiger partial charge in [0.15, 0.2) is 0 Å². The van der Waals surface area contributed by atoms with Crippen molar-refractivity contribution in [3.05, 3.63) is 510 Å². The van der Waals surface area contributed by atoms with Crippen LogP contribution in [-0.4, -0.2) is 0 Å². The molecular formula is C138H84O3. The van der Waals surface area contributed by atoms with Crippen LogP contribution in [0.1, 0.15) is 0 Å². The third-order valence-electron chi connectivity index (χ3n) is 29.5. The van der Waals surface area contributed by atoms with Crippen molar-refractivity contribution in [2.45, 2.75) is 0 Å².